The van der Waals surface area contributed by atoms with E-state index in [-0.39, 0.29) is 5.84 Å². The van der Waals surface area contributed by atoms with Crippen molar-refractivity contribution in [2.45, 2.75) is 19.8 Å². The maximum atomic E-state index is 7.87. The molecule has 4 nitrogen and oxygen atoms in total. The van der Waals surface area contributed by atoms with Crippen LogP contribution in [0.5, 0.6) is 0 Å². The molecule has 1 atom stereocenters. The predicted molar refractivity (Wildman–Crippen MR) is 89.1 cm³/mol. The summed E-state index contributed by atoms with van der Waals surface area (Å²) >= 11 is 0. The molecule has 1 aliphatic carbocycles. The lowest BCUT2D eigenvalue weighted by atomic mass is 9.98. The Morgan fingerprint density at radius 1 is 1.32 bits per heavy atom. The molecule has 0 fully saturated rings. The van der Waals surface area contributed by atoms with Crippen molar-refractivity contribution in [3.63, 3.8) is 0 Å². The molecule has 0 spiro atoms. The minimum atomic E-state index is 0.0882. The monoisotopic (exact) mass is 290 g/mol. The van der Waals surface area contributed by atoms with Crippen molar-refractivity contribution in [1.29, 1.82) is 5.41 Å². The summed E-state index contributed by atoms with van der Waals surface area (Å²) in [5.74, 6) is 0.722. The molecular weight excluding hydrogens is 272 g/mol. The third kappa shape index (κ3) is 1.91. The summed E-state index contributed by atoms with van der Waals surface area (Å²) in [7, 11) is 0. The fourth-order valence-corrected chi connectivity index (χ4v) is 3.49. The lowest BCUT2D eigenvalue weighted by molar-refractivity contribution is 0.621. The number of para-hydroxylation sites is 1. The van der Waals surface area contributed by atoms with Gasteiger partial charge in [0.15, 0.2) is 0 Å². The number of nitrogens with two attached hydrogens (primary N) is 1. The number of H-pyrrole nitrogens is 1. The molecule has 0 saturated carbocycles. The van der Waals surface area contributed by atoms with E-state index in [9.17, 15) is 0 Å². The van der Waals surface area contributed by atoms with E-state index in [1.54, 1.807) is 0 Å². The zero-order valence-electron chi connectivity index (χ0n) is 12.5. The van der Waals surface area contributed by atoms with E-state index < -0.39 is 0 Å². The molecule has 110 valence electrons. The van der Waals surface area contributed by atoms with E-state index in [1.165, 1.54) is 11.3 Å². The molecular formula is C18H18N4. The largest absolute Gasteiger partial charge is 0.382 e. The molecule has 3 aromatic rings. The average molecular weight is 290 g/mol. The van der Waals surface area contributed by atoms with E-state index in [0.717, 1.165) is 40.6 Å². The van der Waals surface area contributed by atoms with Gasteiger partial charge in [-0.05, 0) is 36.5 Å². The fraction of sp³-hybridized carbons (Fsp3) is 0.222. The number of benzene rings is 1. The molecule has 0 bridgehead atoms. The van der Waals surface area contributed by atoms with Crippen LogP contribution in [-0.2, 0) is 12.8 Å². The van der Waals surface area contributed by atoms with Crippen molar-refractivity contribution in [3.05, 3.63) is 53.5 Å². The van der Waals surface area contributed by atoms with Crippen LogP contribution in [0.2, 0.25) is 0 Å². The standard InChI is InChI=1S/C18H18N4/c1-10-6-13-15(7-10)22-17(18(19)20)16(13)12-8-11-4-2-3-5-14(11)21-9-12/h2-5,8-10,22H,6-7H2,1H3,(H3,19,20)/t10-/m1/s1. The SMILES string of the molecule is C[C@H]1Cc2[nH]c(C(=N)N)c(-c3cnc4ccccc4c3)c2C1. The molecule has 22 heavy (non-hydrogen) atoms. The highest BCUT2D eigenvalue weighted by atomic mass is 14.8. The second-order valence-corrected chi connectivity index (χ2v) is 6.18. The van der Waals surface area contributed by atoms with E-state index in [4.69, 9.17) is 11.1 Å². The van der Waals surface area contributed by atoms with Crippen molar-refractivity contribution in [3.8, 4) is 11.1 Å². The Hall–Kier alpha value is -2.62. The highest BCUT2D eigenvalue weighted by molar-refractivity contribution is 6.02. The van der Waals surface area contributed by atoms with Gasteiger partial charge in [0, 0.05) is 28.4 Å². The zero-order chi connectivity index (χ0) is 15.3. The summed E-state index contributed by atoms with van der Waals surface area (Å²) < 4.78 is 0. The summed E-state index contributed by atoms with van der Waals surface area (Å²) in [6.07, 6.45) is 3.94. The number of nitrogens with zero attached hydrogens (tertiary/aromatic N) is 1. The van der Waals surface area contributed by atoms with Crippen LogP contribution in [-0.4, -0.2) is 15.8 Å². The van der Waals surface area contributed by atoms with Crippen molar-refractivity contribution in [2.24, 2.45) is 11.7 Å². The maximum absolute atomic E-state index is 7.87. The minimum Gasteiger partial charge on any atom is -0.382 e. The molecule has 0 radical (unpaired) electrons. The van der Waals surface area contributed by atoms with Gasteiger partial charge in [-0.15, -0.1) is 0 Å². The molecule has 0 aliphatic heterocycles. The Balaban J connectivity index is 1.95. The molecule has 4 rings (SSSR count). The lowest BCUT2D eigenvalue weighted by Crippen LogP contribution is -2.13. The Kier molecular flexibility index (Phi) is 2.79. The quantitative estimate of drug-likeness (QED) is 0.500. The molecule has 4 heteroatoms. The summed E-state index contributed by atoms with van der Waals surface area (Å²) in [4.78, 5) is 7.92. The third-order valence-corrected chi connectivity index (χ3v) is 4.45. The van der Waals surface area contributed by atoms with Crippen LogP contribution >= 0.6 is 0 Å². The number of amidine groups is 1. The number of hydrogen-bond donors (Lipinski definition) is 3. The maximum Gasteiger partial charge on any atom is 0.140 e. The second-order valence-electron chi connectivity index (χ2n) is 6.18. The topological polar surface area (TPSA) is 78.5 Å². The van der Waals surface area contributed by atoms with E-state index in [2.05, 4.69) is 29.0 Å². The first-order chi connectivity index (χ1) is 10.6. The van der Waals surface area contributed by atoms with Gasteiger partial charge >= 0.3 is 0 Å². The van der Waals surface area contributed by atoms with Crippen LogP contribution in [0.4, 0.5) is 0 Å². The number of nitrogens with one attached hydrogen (secondary N) is 2. The van der Waals surface area contributed by atoms with Gasteiger partial charge in [0.05, 0.1) is 11.2 Å². The smallest absolute Gasteiger partial charge is 0.140 e. The third-order valence-electron chi connectivity index (χ3n) is 4.45. The van der Waals surface area contributed by atoms with Crippen molar-refractivity contribution < 1.29 is 0 Å². The molecule has 4 N–H and O–H groups in total. The summed E-state index contributed by atoms with van der Waals surface area (Å²) in [6.45, 7) is 2.25. The zero-order valence-corrected chi connectivity index (χ0v) is 12.5. The highest BCUT2D eigenvalue weighted by Crippen LogP contribution is 2.38. The van der Waals surface area contributed by atoms with E-state index >= 15 is 0 Å². The number of aromatic nitrogens is 2. The van der Waals surface area contributed by atoms with Crippen LogP contribution < -0.4 is 5.73 Å². The molecule has 2 aromatic heterocycles. The summed E-state index contributed by atoms with van der Waals surface area (Å²) in [6, 6.07) is 10.2. The van der Waals surface area contributed by atoms with Crippen LogP contribution in [0.1, 0.15) is 23.9 Å². The van der Waals surface area contributed by atoms with E-state index in [1.807, 2.05) is 24.4 Å². The number of nitrogen functional groups attached to an aromatic ring is 1. The fourth-order valence-electron chi connectivity index (χ4n) is 3.49. The Morgan fingerprint density at radius 2 is 2.14 bits per heavy atom. The first kappa shape index (κ1) is 13.1. The molecule has 0 unspecified atom stereocenters. The van der Waals surface area contributed by atoms with Gasteiger partial charge in [0.2, 0.25) is 0 Å². The number of hydrogen-bond acceptors (Lipinski definition) is 2. The van der Waals surface area contributed by atoms with Gasteiger partial charge in [-0.25, -0.2) is 0 Å². The molecule has 1 aromatic carbocycles. The minimum absolute atomic E-state index is 0.0882. The van der Waals surface area contributed by atoms with Gasteiger partial charge < -0.3 is 10.7 Å². The first-order valence-corrected chi connectivity index (χ1v) is 7.56. The van der Waals surface area contributed by atoms with Gasteiger partial charge in [-0.1, -0.05) is 25.1 Å². The lowest BCUT2D eigenvalue weighted by Gasteiger charge is -2.08. The van der Waals surface area contributed by atoms with Crippen LogP contribution in [0.25, 0.3) is 22.0 Å². The van der Waals surface area contributed by atoms with E-state index in [0.29, 0.717) is 5.92 Å². The normalized spacial score (nSPS) is 16.9. The molecule has 0 saturated heterocycles. The predicted octanol–water partition coefficient (Wildman–Crippen LogP) is 3.25. The van der Waals surface area contributed by atoms with Gasteiger partial charge in [-0.2, -0.15) is 0 Å². The van der Waals surface area contributed by atoms with Crippen LogP contribution in [0.3, 0.4) is 0 Å². The van der Waals surface area contributed by atoms with Gasteiger partial charge in [-0.3, -0.25) is 10.4 Å². The van der Waals surface area contributed by atoms with Crippen LogP contribution in [0.15, 0.2) is 36.5 Å². The molecule has 1 aliphatic rings. The summed E-state index contributed by atoms with van der Waals surface area (Å²) in [5, 5.41) is 8.98. The number of rotatable bonds is 2. The number of pyridine rings is 1. The number of aromatic amines is 1. The molecule has 0 amide bonds. The Bertz CT molecular complexity index is 891. The average Bonchev–Trinajstić information content (AvgIpc) is 3.02. The summed E-state index contributed by atoms with van der Waals surface area (Å²) in [5.41, 5.74) is 12.1. The van der Waals surface area contributed by atoms with Crippen molar-refractivity contribution in [1.82, 2.24) is 9.97 Å². The van der Waals surface area contributed by atoms with Crippen molar-refractivity contribution >= 4 is 16.7 Å². The second kappa shape index (κ2) is 4.70. The van der Waals surface area contributed by atoms with Gasteiger partial charge in [0.1, 0.15) is 5.84 Å². The number of fused-ring (bicyclic) bond motifs is 2. The Labute approximate surface area is 128 Å². The highest BCUT2D eigenvalue weighted by Gasteiger charge is 2.27. The van der Waals surface area contributed by atoms with Crippen molar-refractivity contribution in [2.75, 3.05) is 0 Å². The molecule has 2 heterocycles. The Morgan fingerprint density at radius 3 is 2.95 bits per heavy atom. The first-order valence-electron chi connectivity index (χ1n) is 7.56. The van der Waals surface area contributed by atoms with Gasteiger partial charge in [0.25, 0.3) is 0 Å². The van der Waals surface area contributed by atoms with Crippen LogP contribution in [0, 0.1) is 11.3 Å².